The fourth-order valence-electron chi connectivity index (χ4n) is 3.48. The summed E-state index contributed by atoms with van der Waals surface area (Å²) in [6.45, 7) is 5.55. The van der Waals surface area contributed by atoms with Gasteiger partial charge in [-0.1, -0.05) is 11.6 Å². The molecule has 2 aliphatic rings. The van der Waals surface area contributed by atoms with Crippen molar-refractivity contribution in [1.82, 2.24) is 14.8 Å². The molecule has 2 saturated heterocycles. The second-order valence-electron chi connectivity index (χ2n) is 6.98. The van der Waals surface area contributed by atoms with Gasteiger partial charge in [-0.05, 0) is 32.8 Å². The van der Waals surface area contributed by atoms with Crippen LogP contribution >= 0.6 is 11.6 Å². The minimum Gasteiger partial charge on any atom is -0.481 e. The summed E-state index contributed by atoms with van der Waals surface area (Å²) >= 11 is 5.95. The number of methoxy groups -OCH3 is 1. The number of halogens is 1. The highest BCUT2D eigenvalue weighted by atomic mass is 35.5. The van der Waals surface area contributed by atoms with Crippen molar-refractivity contribution in [3.63, 3.8) is 0 Å². The fraction of sp³-hybridized carbons (Fsp3) is 0.588. The van der Waals surface area contributed by atoms with Crippen LogP contribution < -0.4 is 4.74 Å². The molecule has 2 aliphatic heterocycles. The summed E-state index contributed by atoms with van der Waals surface area (Å²) in [5, 5.41) is 0.221. The normalized spacial score (nSPS) is 20.6. The van der Waals surface area contributed by atoms with Crippen LogP contribution in [0.3, 0.4) is 0 Å². The Morgan fingerprint density at radius 3 is 2.60 bits per heavy atom. The Morgan fingerprint density at radius 2 is 2.04 bits per heavy atom. The lowest BCUT2D eigenvalue weighted by atomic mass is 9.96. The number of hydrogen-bond acceptors (Lipinski definition) is 5. The van der Waals surface area contributed by atoms with E-state index in [1.54, 1.807) is 17.0 Å². The molecule has 0 spiro atoms. The Kier molecular flexibility index (Phi) is 4.77. The summed E-state index contributed by atoms with van der Waals surface area (Å²) in [7, 11) is 1.48. The highest BCUT2D eigenvalue weighted by molar-refractivity contribution is 6.29. The van der Waals surface area contributed by atoms with E-state index in [2.05, 4.69) is 4.98 Å². The number of pyridine rings is 1. The monoisotopic (exact) mass is 367 g/mol. The summed E-state index contributed by atoms with van der Waals surface area (Å²) < 4.78 is 10.3. The highest BCUT2D eigenvalue weighted by Gasteiger charge is 2.44. The minimum absolute atomic E-state index is 0.0876. The molecule has 0 atom stereocenters. The number of aromatic nitrogens is 1. The lowest BCUT2D eigenvalue weighted by Gasteiger charge is -2.40. The molecule has 2 fully saturated rings. The van der Waals surface area contributed by atoms with Crippen LogP contribution in [0.4, 0.5) is 4.79 Å². The van der Waals surface area contributed by atoms with Gasteiger partial charge in [-0.2, -0.15) is 0 Å². The number of carbonyl (C=O) groups excluding carboxylic acids is 2. The lowest BCUT2D eigenvalue weighted by Crippen LogP contribution is -2.53. The number of piperidine rings is 1. The molecule has 1 aromatic heterocycles. The van der Waals surface area contributed by atoms with Crippen molar-refractivity contribution >= 4 is 23.6 Å². The van der Waals surface area contributed by atoms with Gasteiger partial charge in [-0.15, -0.1) is 0 Å². The van der Waals surface area contributed by atoms with Gasteiger partial charge in [0.2, 0.25) is 5.88 Å². The largest absolute Gasteiger partial charge is 0.481 e. The zero-order chi connectivity index (χ0) is 18.2. The number of carbonyl (C=O) groups is 2. The third-order valence-corrected chi connectivity index (χ3v) is 4.93. The third-order valence-electron chi connectivity index (χ3n) is 4.74. The van der Waals surface area contributed by atoms with Crippen molar-refractivity contribution in [2.45, 2.75) is 38.3 Å². The van der Waals surface area contributed by atoms with E-state index < -0.39 is 0 Å². The number of rotatable bonds is 3. The Balaban J connectivity index is 1.67. The van der Waals surface area contributed by atoms with Crippen molar-refractivity contribution in [2.24, 2.45) is 0 Å². The van der Waals surface area contributed by atoms with Crippen LogP contribution in [0.25, 0.3) is 0 Å². The van der Waals surface area contributed by atoms with E-state index in [4.69, 9.17) is 21.1 Å². The summed E-state index contributed by atoms with van der Waals surface area (Å²) in [5.74, 6) is 0.205. The van der Waals surface area contributed by atoms with Crippen molar-refractivity contribution in [2.75, 3.05) is 26.8 Å². The van der Waals surface area contributed by atoms with Crippen LogP contribution in [0.1, 0.15) is 37.0 Å². The van der Waals surface area contributed by atoms with Gasteiger partial charge in [-0.3, -0.25) is 9.69 Å². The second kappa shape index (κ2) is 6.71. The first-order valence-corrected chi connectivity index (χ1v) is 8.66. The van der Waals surface area contributed by atoms with Gasteiger partial charge in [0.1, 0.15) is 11.8 Å². The Hall–Kier alpha value is -2.02. The molecule has 3 rings (SSSR count). The van der Waals surface area contributed by atoms with Crippen molar-refractivity contribution < 1.29 is 19.1 Å². The first-order valence-electron chi connectivity index (χ1n) is 8.29. The molecule has 7 nitrogen and oxygen atoms in total. The number of ether oxygens (including phenoxy) is 2. The maximum absolute atomic E-state index is 12.7. The summed E-state index contributed by atoms with van der Waals surface area (Å²) in [4.78, 5) is 32.3. The first kappa shape index (κ1) is 17.8. The molecular formula is C17H22ClN3O4. The molecule has 1 aromatic rings. The van der Waals surface area contributed by atoms with Crippen molar-refractivity contribution in [1.29, 1.82) is 0 Å². The molecular weight excluding hydrogens is 346 g/mol. The van der Waals surface area contributed by atoms with E-state index in [-0.39, 0.29) is 28.7 Å². The van der Waals surface area contributed by atoms with Gasteiger partial charge in [0, 0.05) is 30.8 Å². The van der Waals surface area contributed by atoms with E-state index in [0.717, 1.165) is 12.8 Å². The molecule has 0 bridgehead atoms. The molecule has 0 aromatic carbocycles. The zero-order valence-corrected chi connectivity index (χ0v) is 15.4. The third kappa shape index (κ3) is 3.51. The Morgan fingerprint density at radius 1 is 1.36 bits per heavy atom. The predicted molar refractivity (Wildman–Crippen MR) is 92.0 cm³/mol. The van der Waals surface area contributed by atoms with Gasteiger partial charge in [0.15, 0.2) is 0 Å². The molecule has 136 valence electrons. The van der Waals surface area contributed by atoms with Gasteiger partial charge >= 0.3 is 6.09 Å². The average Bonchev–Trinajstić information content (AvgIpc) is 2.86. The SMILES string of the molecule is COc1cc(C(=O)N2CCC(N3C(=O)OCC3(C)C)CC2)cc(Cl)n1. The van der Waals surface area contributed by atoms with Crippen LogP contribution in [-0.4, -0.2) is 65.2 Å². The second-order valence-corrected chi connectivity index (χ2v) is 7.37. The highest BCUT2D eigenvalue weighted by Crippen LogP contribution is 2.31. The fourth-order valence-corrected chi connectivity index (χ4v) is 3.68. The topological polar surface area (TPSA) is 72.0 Å². The molecule has 0 unspecified atom stereocenters. The van der Waals surface area contributed by atoms with Gasteiger partial charge in [0.25, 0.3) is 5.91 Å². The van der Waals surface area contributed by atoms with Crippen molar-refractivity contribution in [3.05, 3.63) is 22.8 Å². The smallest absolute Gasteiger partial charge is 0.410 e. The Labute approximate surface area is 151 Å². The molecule has 0 aliphatic carbocycles. The summed E-state index contributed by atoms with van der Waals surface area (Å²) in [5.41, 5.74) is 0.149. The van der Waals surface area contributed by atoms with Crippen LogP contribution in [0.5, 0.6) is 5.88 Å². The maximum atomic E-state index is 12.7. The number of likely N-dealkylation sites (tertiary alicyclic amines) is 1. The average molecular weight is 368 g/mol. The van der Waals surface area contributed by atoms with Crippen molar-refractivity contribution in [3.8, 4) is 5.88 Å². The zero-order valence-electron chi connectivity index (χ0n) is 14.6. The lowest BCUT2D eigenvalue weighted by molar-refractivity contribution is 0.0589. The summed E-state index contributed by atoms with van der Waals surface area (Å²) in [6, 6.07) is 3.21. The van der Waals surface area contributed by atoms with E-state index in [9.17, 15) is 9.59 Å². The van der Waals surface area contributed by atoms with Crippen LogP contribution in [0, 0.1) is 0 Å². The number of nitrogens with zero attached hydrogens (tertiary/aromatic N) is 3. The van der Waals surface area contributed by atoms with Gasteiger partial charge in [0.05, 0.1) is 12.6 Å². The molecule has 0 saturated carbocycles. The van der Waals surface area contributed by atoms with E-state index in [1.807, 2.05) is 18.7 Å². The molecule has 25 heavy (non-hydrogen) atoms. The van der Waals surface area contributed by atoms with Crippen LogP contribution in [0.2, 0.25) is 5.15 Å². The maximum Gasteiger partial charge on any atom is 0.410 e. The predicted octanol–water partition coefficient (Wildman–Crippen LogP) is 2.58. The number of hydrogen-bond donors (Lipinski definition) is 0. The van der Waals surface area contributed by atoms with Crippen LogP contribution in [-0.2, 0) is 4.74 Å². The Bertz CT molecular complexity index is 686. The molecule has 0 N–H and O–H groups in total. The van der Waals surface area contributed by atoms with Crippen LogP contribution in [0.15, 0.2) is 12.1 Å². The van der Waals surface area contributed by atoms with Gasteiger partial charge in [-0.25, -0.2) is 9.78 Å². The standard InChI is InChI=1S/C17H22ClN3O4/c1-17(2)10-25-16(23)21(17)12-4-6-20(7-5-12)15(22)11-8-13(18)19-14(9-11)24-3/h8-9,12H,4-7,10H2,1-3H3. The van der Waals surface area contributed by atoms with E-state index in [0.29, 0.717) is 31.1 Å². The molecule has 0 radical (unpaired) electrons. The minimum atomic E-state index is -0.306. The molecule has 8 heteroatoms. The molecule has 2 amide bonds. The summed E-state index contributed by atoms with van der Waals surface area (Å²) in [6.07, 6.45) is 1.18. The quantitative estimate of drug-likeness (QED) is 0.768. The first-order chi connectivity index (χ1) is 11.8. The van der Waals surface area contributed by atoms with E-state index in [1.165, 1.54) is 7.11 Å². The number of amides is 2. The molecule has 3 heterocycles. The van der Waals surface area contributed by atoms with Gasteiger partial charge < -0.3 is 14.4 Å². The number of cyclic esters (lactones) is 1. The van der Waals surface area contributed by atoms with E-state index >= 15 is 0 Å².